The van der Waals surface area contributed by atoms with Crippen LogP contribution in [0.4, 0.5) is 5.13 Å². The SMILES string of the molecule is CC(C)C[C@H](O)[C@H](O)[C@H](CC1CCCCC1)N(CC1(O)CCCCCC1)C(=O)[C@@H](CC(=O)NCC(=O)N(C)C)Cc1csc(N)n1. The summed E-state index contributed by atoms with van der Waals surface area (Å²) in [4.78, 5) is 47.7. The van der Waals surface area contributed by atoms with Crippen LogP contribution in [0.2, 0.25) is 0 Å². The van der Waals surface area contributed by atoms with Gasteiger partial charge < -0.3 is 36.2 Å². The van der Waals surface area contributed by atoms with Crippen molar-refractivity contribution in [3.8, 4) is 0 Å². The summed E-state index contributed by atoms with van der Waals surface area (Å²) in [5.41, 5.74) is 5.35. The molecule has 1 aromatic rings. The van der Waals surface area contributed by atoms with Crippen molar-refractivity contribution in [1.29, 1.82) is 0 Å². The standard InChI is InChI=1S/C34H59N5O6S/c1-23(2)16-28(40)31(43)27(17-24-12-8-7-9-13-24)39(22-34(45)14-10-5-6-11-15-34)32(44)25(18-26-21-46-33(35)37-26)19-29(41)36-20-30(42)38(3)4/h21,23-25,27-28,31,40,43,45H,5-20,22H2,1-4H3,(H2,35,37)(H,36,41)/t25-,27+,28+,31-/m1/s1. The molecular weight excluding hydrogens is 606 g/mol. The highest BCUT2D eigenvalue weighted by Gasteiger charge is 2.43. The Labute approximate surface area is 279 Å². The first kappa shape index (κ1) is 38.2. The summed E-state index contributed by atoms with van der Waals surface area (Å²) in [5, 5.41) is 39.8. The molecule has 3 amide bonds. The summed E-state index contributed by atoms with van der Waals surface area (Å²) in [6.45, 7) is 3.80. The third-order valence-electron chi connectivity index (χ3n) is 9.72. The molecule has 0 unspecified atom stereocenters. The molecule has 3 rings (SSSR count). The first-order chi connectivity index (χ1) is 21.8. The molecule has 2 aliphatic carbocycles. The van der Waals surface area contributed by atoms with E-state index < -0.39 is 35.7 Å². The van der Waals surface area contributed by atoms with Crippen molar-refractivity contribution in [2.75, 3.05) is 32.9 Å². The second kappa shape index (κ2) is 18.3. The predicted octanol–water partition coefficient (Wildman–Crippen LogP) is 3.50. The fourth-order valence-electron chi connectivity index (χ4n) is 7.09. The van der Waals surface area contributed by atoms with Gasteiger partial charge in [0.05, 0.1) is 35.9 Å². The van der Waals surface area contributed by atoms with E-state index in [1.807, 2.05) is 13.8 Å². The van der Waals surface area contributed by atoms with E-state index in [0.29, 0.717) is 36.5 Å². The Morgan fingerprint density at radius 1 is 1.07 bits per heavy atom. The lowest BCUT2D eigenvalue weighted by atomic mass is 9.80. The van der Waals surface area contributed by atoms with Gasteiger partial charge in [0.15, 0.2) is 5.13 Å². The Bertz CT molecular complexity index is 1100. The number of nitrogen functional groups attached to an aromatic ring is 1. The van der Waals surface area contributed by atoms with E-state index in [4.69, 9.17) is 5.73 Å². The number of rotatable bonds is 16. The minimum absolute atomic E-state index is 0.0190. The third kappa shape index (κ3) is 12.1. The van der Waals surface area contributed by atoms with Crippen molar-refractivity contribution in [2.24, 2.45) is 17.8 Å². The zero-order chi connectivity index (χ0) is 33.9. The summed E-state index contributed by atoms with van der Waals surface area (Å²) in [6, 6.07) is -0.738. The van der Waals surface area contributed by atoms with Gasteiger partial charge in [-0.25, -0.2) is 4.98 Å². The molecule has 12 heteroatoms. The minimum atomic E-state index is -1.22. The molecule has 0 saturated heterocycles. The summed E-state index contributed by atoms with van der Waals surface area (Å²) in [7, 11) is 3.21. The van der Waals surface area contributed by atoms with Gasteiger partial charge in [-0.3, -0.25) is 14.4 Å². The van der Waals surface area contributed by atoms with E-state index >= 15 is 0 Å². The highest BCUT2D eigenvalue weighted by Crippen LogP contribution is 2.35. The molecule has 2 saturated carbocycles. The van der Waals surface area contributed by atoms with Gasteiger partial charge in [-0.05, 0) is 37.5 Å². The highest BCUT2D eigenvalue weighted by molar-refractivity contribution is 7.13. The summed E-state index contributed by atoms with van der Waals surface area (Å²) < 4.78 is 0. The average molecular weight is 666 g/mol. The number of carbonyl (C=O) groups is 3. The third-order valence-corrected chi connectivity index (χ3v) is 10.4. The fourth-order valence-corrected chi connectivity index (χ4v) is 7.67. The molecule has 11 nitrogen and oxygen atoms in total. The van der Waals surface area contributed by atoms with Gasteiger partial charge in [0.2, 0.25) is 17.7 Å². The fraction of sp³-hybridized carbons (Fsp3) is 0.824. The van der Waals surface area contributed by atoms with Gasteiger partial charge in [0.25, 0.3) is 0 Å². The topological polar surface area (TPSA) is 169 Å². The molecular formula is C34H59N5O6S. The van der Waals surface area contributed by atoms with E-state index in [1.165, 1.54) is 16.2 Å². The number of nitrogens with two attached hydrogens (primary N) is 1. The number of hydrogen-bond acceptors (Lipinski definition) is 9. The van der Waals surface area contributed by atoms with Crippen molar-refractivity contribution < 1.29 is 29.7 Å². The van der Waals surface area contributed by atoms with Crippen molar-refractivity contribution in [2.45, 2.75) is 134 Å². The predicted molar refractivity (Wildman–Crippen MR) is 181 cm³/mol. The monoisotopic (exact) mass is 665 g/mol. The Morgan fingerprint density at radius 3 is 2.26 bits per heavy atom. The molecule has 2 aliphatic rings. The average Bonchev–Trinajstić information content (AvgIpc) is 3.29. The van der Waals surface area contributed by atoms with Crippen LogP contribution < -0.4 is 11.1 Å². The van der Waals surface area contributed by atoms with Crippen LogP contribution in [-0.2, 0) is 20.8 Å². The first-order valence-electron chi connectivity index (χ1n) is 17.3. The molecule has 1 aromatic heterocycles. The van der Waals surface area contributed by atoms with E-state index in [2.05, 4.69) is 10.3 Å². The summed E-state index contributed by atoms with van der Waals surface area (Å²) in [5.74, 6) is -1.56. The lowest BCUT2D eigenvalue weighted by Crippen LogP contribution is -2.58. The number of hydrogen-bond donors (Lipinski definition) is 5. The number of aliphatic hydroxyl groups is 3. The number of aliphatic hydroxyl groups excluding tert-OH is 2. The molecule has 46 heavy (non-hydrogen) atoms. The number of amides is 3. The molecule has 0 bridgehead atoms. The molecule has 262 valence electrons. The van der Waals surface area contributed by atoms with Crippen LogP contribution >= 0.6 is 11.3 Å². The summed E-state index contributed by atoms with van der Waals surface area (Å²) in [6.07, 6.45) is 8.63. The van der Waals surface area contributed by atoms with Gasteiger partial charge in [-0.2, -0.15) is 0 Å². The van der Waals surface area contributed by atoms with Crippen LogP contribution in [0.25, 0.3) is 0 Å². The van der Waals surface area contributed by atoms with E-state index in [-0.39, 0.29) is 49.6 Å². The number of nitrogens with zero attached hydrogens (tertiary/aromatic N) is 3. The van der Waals surface area contributed by atoms with Crippen LogP contribution in [0.1, 0.15) is 109 Å². The molecule has 1 heterocycles. The lowest BCUT2D eigenvalue weighted by Gasteiger charge is -2.44. The largest absolute Gasteiger partial charge is 0.390 e. The van der Waals surface area contributed by atoms with Crippen LogP contribution in [-0.4, -0.2) is 98.9 Å². The van der Waals surface area contributed by atoms with E-state index in [9.17, 15) is 29.7 Å². The first-order valence-corrected chi connectivity index (χ1v) is 18.2. The highest BCUT2D eigenvalue weighted by atomic mass is 32.1. The van der Waals surface area contributed by atoms with Gasteiger partial charge in [0, 0.05) is 38.9 Å². The number of nitrogens with one attached hydrogen (secondary N) is 1. The van der Waals surface area contributed by atoms with Gasteiger partial charge in [-0.1, -0.05) is 71.6 Å². The molecule has 4 atom stereocenters. The maximum absolute atomic E-state index is 14.9. The number of likely N-dealkylation sites (N-methyl/N-ethyl adjacent to an activating group) is 1. The van der Waals surface area contributed by atoms with Crippen LogP contribution in [0.5, 0.6) is 0 Å². The maximum Gasteiger partial charge on any atom is 0.241 e. The smallest absolute Gasteiger partial charge is 0.241 e. The normalized spacial score (nSPS) is 19.9. The number of aromatic nitrogens is 1. The van der Waals surface area contributed by atoms with Gasteiger partial charge >= 0.3 is 0 Å². The van der Waals surface area contributed by atoms with Crippen molar-refractivity contribution >= 4 is 34.2 Å². The Kier molecular flexibility index (Phi) is 15.2. The maximum atomic E-state index is 14.9. The van der Waals surface area contributed by atoms with Crippen molar-refractivity contribution in [3.05, 3.63) is 11.1 Å². The van der Waals surface area contributed by atoms with Crippen molar-refractivity contribution in [1.82, 2.24) is 20.1 Å². The van der Waals surface area contributed by atoms with Gasteiger partial charge in [-0.15, -0.1) is 11.3 Å². The molecule has 0 spiro atoms. The van der Waals surface area contributed by atoms with E-state index in [0.717, 1.165) is 57.8 Å². The van der Waals surface area contributed by atoms with Gasteiger partial charge in [0.1, 0.15) is 6.10 Å². The quantitative estimate of drug-likeness (QED) is 0.167. The molecule has 0 radical (unpaired) electrons. The zero-order valence-electron chi connectivity index (χ0n) is 28.5. The number of carbonyl (C=O) groups excluding carboxylic acids is 3. The number of thiazole rings is 1. The molecule has 0 aromatic carbocycles. The van der Waals surface area contributed by atoms with Crippen molar-refractivity contribution in [3.63, 3.8) is 0 Å². The Hall–Kier alpha value is -2.28. The van der Waals surface area contributed by atoms with Crippen LogP contribution in [0.3, 0.4) is 0 Å². The van der Waals surface area contributed by atoms with Crippen LogP contribution in [0, 0.1) is 17.8 Å². The molecule has 6 N–H and O–H groups in total. The second-order valence-electron chi connectivity index (χ2n) is 14.4. The van der Waals surface area contributed by atoms with E-state index in [1.54, 1.807) is 24.4 Å². The second-order valence-corrected chi connectivity index (χ2v) is 15.3. The Morgan fingerprint density at radius 2 is 1.70 bits per heavy atom. The number of anilines is 1. The van der Waals surface area contributed by atoms with Crippen LogP contribution in [0.15, 0.2) is 5.38 Å². The molecule has 0 aliphatic heterocycles. The zero-order valence-corrected chi connectivity index (χ0v) is 29.3. The minimum Gasteiger partial charge on any atom is -0.390 e. The Balaban J connectivity index is 2.02. The molecule has 2 fully saturated rings. The summed E-state index contributed by atoms with van der Waals surface area (Å²) >= 11 is 1.25. The lowest BCUT2D eigenvalue weighted by molar-refractivity contribution is -0.152.